The highest BCUT2D eigenvalue weighted by molar-refractivity contribution is 5.78. The number of ether oxygens (including phenoxy) is 1. The van der Waals surface area contributed by atoms with Gasteiger partial charge in [-0.15, -0.1) is 0 Å². The summed E-state index contributed by atoms with van der Waals surface area (Å²) in [6.07, 6.45) is 3.40. The lowest BCUT2D eigenvalue weighted by Crippen LogP contribution is -2.45. The largest absolute Gasteiger partial charge is 0.480 e. The number of carbonyl (C=O) groups is 5. The van der Waals surface area contributed by atoms with E-state index in [9.17, 15) is 29.1 Å². The predicted octanol–water partition coefficient (Wildman–Crippen LogP) is -2.15. The average molecular weight is 563 g/mol. The molecule has 15 heteroatoms. The van der Waals surface area contributed by atoms with Crippen LogP contribution in [0.3, 0.4) is 0 Å². The molecule has 0 aromatic rings. The maximum atomic E-state index is 12.0. The number of aliphatic carboxylic acids is 3. The monoisotopic (exact) mass is 562 g/mol. The molecule has 0 aliphatic rings. The summed E-state index contributed by atoms with van der Waals surface area (Å²) in [5.41, 5.74) is 0. The van der Waals surface area contributed by atoms with E-state index >= 15 is 0 Å². The van der Waals surface area contributed by atoms with E-state index in [0.717, 1.165) is 19.3 Å². The highest BCUT2D eigenvalue weighted by Crippen LogP contribution is 1.94. The molecule has 0 bridgehead atoms. The van der Waals surface area contributed by atoms with Gasteiger partial charge in [0.25, 0.3) is 0 Å². The quantitative estimate of drug-likeness (QED) is 0.0533. The fraction of sp³-hybridized carbons (Fsp3) is 0.792. The van der Waals surface area contributed by atoms with Gasteiger partial charge in [-0.3, -0.25) is 33.8 Å². The van der Waals surface area contributed by atoms with Crippen molar-refractivity contribution in [2.45, 2.75) is 32.6 Å². The zero-order valence-electron chi connectivity index (χ0n) is 22.9. The van der Waals surface area contributed by atoms with Gasteiger partial charge in [0.15, 0.2) is 0 Å². The van der Waals surface area contributed by atoms with E-state index in [-0.39, 0.29) is 83.8 Å². The first kappa shape index (κ1) is 36.1. The maximum absolute atomic E-state index is 12.0. The Morgan fingerprint density at radius 2 is 1.21 bits per heavy atom. The molecule has 0 heterocycles. The molecule has 39 heavy (non-hydrogen) atoms. The second kappa shape index (κ2) is 24.2. The van der Waals surface area contributed by atoms with Gasteiger partial charge < -0.3 is 41.3 Å². The van der Waals surface area contributed by atoms with Gasteiger partial charge in [0.05, 0.1) is 39.4 Å². The smallest absolute Gasteiger partial charge is 0.317 e. The Balaban J connectivity index is 4.12. The fourth-order valence-corrected chi connectivity index (χ4v) is 3.36. The number of amides is 2. The van der Waals surface area contributed by atoms with E-state index < -0.39 is 17.9 Å². The summed E-state index contributed by atoms with van der Waals surface area (Å²) < 4.78 is 5.36. The van der Waals surface area contributed by atoms with Gasteiger partial charge in [0.1, 0.15) is 0 Å². The summed E-state index contributed by atoms with van der Waals surface area (Å²) in [5.74, 6) is -3.40. The van der Waals surface area contributed by atoms with E-state index in [0.29, 0.717) is 26.2 Å². The van der Waals surface area contributed by atoms with E-state index in [1.54, 1.807) is 9.80 Å². The Labute approximate surface area is 229 Å². The van der Waals surface area contributed by atoms with Crippen molar-refractivity contribution in [3.05, 3.63) is 0 Å². The third kappa shape index (κ3) is 25.2. The second-order valence-corrected chi connectivity index (χ2v) is 8.86. The van der Waals surface area contributed by atoms with Crippen molar-refractivity contribution >= 4 is 29.7 Å². The van der Waals surface area contributed by atoms with Crippen molar-refractivity contribution in [3.8, 4) is 0 Å². The van der Waals surface area contributed by atoms with Crippen LogP contribution in [0, 0.1) is 0 Å². The normalized spacial score (nSPS) is 11.1. The molecule has 7 N–H and O–H groups in total. The molecule has 0 saturated heterocycles. The van der Waals surface area contributed by atoms with Crippen LogP contribution in [0.15, 0.2) is 0 Å². The summed E-state index contributed by atoms with van der Waals surface area (Å²) in [4.78, 5) is 59.7. The molecule has 0 aliphatic heterocycles. The lowest BCUT2D eigenvalue weighted by molar-refractivity contribution is -0.140. The highest BCUT2D eigenvalue weighted by atomic mass is 16.5. The number of carboxylic acids is 3. The molecule has 2 amide bonds. The van der Waals surface area contributed by atoms with Crippen molar-refractivity contribution in [2.24, 2.45) is 0 Å². The Kier molecular flexibility index (Phi) is 22.4. The zero-order chi connectivity index (χ0) is 29.3. The van der Waals surface area contributed by atoms with Crippen LogP contribution in [-0.2, 0) is 28.7 Å². The first-order valence-corrected chi connectivity index (χ1v) is 13.3. The van der Waals surface area contributed by atoms with Gasteiger partial charge in [0.2, 0.25) is 11.8 Å². The molecular weight excluding hydrogens is 516 g/mol. The van der Waals surface area contributed by atoms with Crippen molar-refractivity contribution in [1.82, 2.24) is 31.1 Å². The van der Waals surface area contributed by atoms with Crippen LogP contribution in [0.1, 0.15) is 32.6 Å². The first-order chi connectivity index (χ1) is 18.6. The van der Waals surface area contributed by atoms with Crippen LogP contribution in [0.25, 0.3) is 0 Å². The molecule has 0 aromatic heterocycles. The van der Waals surface area contributed by atoms with Gasteiger partial charge in [0, 0.05) is 58.8 Å². The third-order valence-corrected chi connectivity index (χ3v) is 5.37. The SMILES string of the molecule is CCCCCNC(=O)CCOCCNC(=O)CNCCN(CCN(CCNCC(=O)O)CC(=O)O)CC(=O)O. The van der Waals surface area contributed by atoms with Crippen molar-refractivity contribution in [1.29, 1.82) is 0 Å². The van der Waals surface area contributed by atoms with Crippen molar-refractivity contribution < 1.29 is 44.0 Å². The molecule has 0 atom stereocenters. The minimum atomic E-state index is -1.04. The topological polar surface area (TPSA) is 210 Å². The summed E-state index contributed by atoms with van der Waals surface area (Å²) >= 11 is 0. The lowest BCUT2D eigenvalue weighted by atomic mass is 10.2. The number of carboxylic acid groups (broad SMARTS) is 3. The van der Waals surface area contributed by atoms with Crippen molar-refractivity contribution in [3.63, 3.8) is 0 Å². The molecule has 0 spiro atoms. The van der Waals surface area contributed by atoms with Gasteiger partial charge in [-0.25, -0.2) is 0 Å². The summed E-state index contributed by atoms with van der Waals surface area (Å²) in [6, 6.07) is 0. The number of rotatable bonds is 27. The Hall–Kier alpha value is -2.85. The zero-order valence-corrected chi connectivity index (χ0v) is 22.9. The summed E-state index contributed by atoms with van der Waals surface area (Å²) in [7, 11) is 0. The molecule has 0 aromatic carbocycles. The Morgan fingerprint density at radius 1 is 0.641 bits per heavy atom. The van der Waals surface area contributed by atoms with Crippen LogP contribution < -0.4 is 21.3 Å². The first-order valence-electron chi connectivity index (χ1n) is 13.3. The van der Waals surface area contributed by atoms with Gasteiger partial charge in [-0.1, -0.05) is 19.8 Å². The van der Waals surface area contributed by atoms with Gasteiger partial charge in [-0.05, 0) is 6.42 Å². The van der Waals surface area contributed by atoms with E-state index in [1.807, 2.05) is 0 Å². The van der Waals surface area contributed by atoms with Crippen LogP contribution in [0.2, 0.25) is 0 Å². The molecule has 15 nitrogen and oxygen atoms in total. The van der Waals surface area contributed by atoms with Crippen LogP contribution >= 0.6 is 0 Å². The van der Waals surface area contributed by atoms with Gasteiger partial charge in [-0.2, -0.15) is 0 Å². The molecule has 226 valence electrons. The number of unbranched alkanes of at least 4 members (excludes halogenated alkanes) is 2. The molecule has 0 rings (SSSR count). The molecule has 0 saturated carbocycles. The summed E-state index contributed by atoms with van der Waals surface area (Å²) in [6.45, 7) is 4.66. The van der Waals surface area contributed by atoms with E-state index in [1.165, 1.54) is 0 Å². The van der Waals surface area contributed by atoms with E-state index in [4.69, 9.17) is 14.9 Å². The van der Waals surface area contributed by atoms with Gasteiger partial charge >= 0.3 is 17.9 Å². The number of nitrogens with one attached hydrogen (secondary N) is 4. The molecule has 0 radical (unpaired) electrons. The Morgan fingerprint density at radius 3 is 1.74 bits per heavy atom. The van der Waals surface area contributed by atoms with Crippen molar-refractivity contribution in [2.75, 3.05) is 91.8 Å². The van der Waals surface area contributed by atoms with E-state index in [2.05, 4.69) is 28.2 Å². The van der Waals surface area contributed by atoms with Crippen LogP contribution in [0.5, 0.6) is 0 Å². The second-order valence-electron chi connectivity index (χ2n) is 8.86. The molecular formula is C24H46N6O9. The van der Waals surface area contributed by atoms with Crippen LogP contribution in [-0.4, -0.2) is 147 Å². The fourth-order valence-electron chi connectivity index (χ4n) is 3.36. The maximum Gasteiger partial charge on any atom is 0.317 e. The number of hydrogen-bond donors (Lipinski definition) is 7. The number of hydrogen-bond acceptors (Lipinski definition) is 10. The third-order valence-electron chi connectivity index (χ3n) is 5.37. The lowest BCUT2D eigenvalue weighted by Gasteiger charge is -2.26. The molecule has 0 unspecified atom stereocenters. The minimum absolute atomic E-state index is 0.0292. The standard InChI is InChI=1S/C24H46N6O9/c1-2-3-4-6-27-20(31)5-14-39-15-9-28-21(32)16-25-7-10-29(18-23(35)36)12-13-30(19-24(37)38)11-8-26-17-22(33)34/h25-26H,2-19H2,1H3,(H,27,31)(H,28,32)(H,33,34)(H,35,36)(H,37,38). The predicted molar refractivity (Wildman–Crippen MR) is 143 cm³/mol. The van der Waals surface area contributed by atoms with Crippen LogP contribution in [0.4, 0.5) is 0 Å². The number of nitrogens with zero attached hydrogens (tertiary/aromatic N) is 2. The average Bonchev–Trinajstić information content (AvgIpc) is 2.86. The minimum Gasteiger partial charge on any atom is -0.480 e. The highest BCUT2D eigenvalue weighted by Gasteiger charge is 2.14. The number of carbonyl (C=O) groups excluding carboxylic acids is 2. The Bertz CT molecular complexity index is 726. The molecule has 0 fully saturated rings. The summed E-state index contributed by atoms with van der Waals surface area (Å²) in [5, 5.41) is 38.1. The molecule has 0 aliphatic carbocycles.